The van der Waals surface area contributed by atoms with E-state index in [0.717, 1.165) is 36.3 Å². The summed E-state index contributed by atoms with van der Waals surface area (Å²) in [5, 5.41) is 3.34. The van der Waals surface area contributed by atoms with Crippen molar-refractivity contribution in [3.05, 3.63) is 29.3 Å². The summed E-state index contributed by atoms with van der Waals surface area (Å²) in [6.45, 7) is 12.3. The minimum atomic E-state index is 0.0967. The average Bonchev–Trinajstić information content (AvgIpc) is 2.33. The molecule has 1 amide bonds. The molecule has 1 N–H and O–H groups in total. The normalized spacial score (nSPS) is 11.3. The molecule has 0 atom stereocenters. The number of carbonyl (C=O) groups is 1. The van der Waals surface area contributed by atoms with Crippen LogP contribution in [0, 0.1) is 12.3 Å². The second kappa shape index (κ2) is 6.78. The molecule has 0 aliphatic carbocycles. The lowest BCUT2D eigenvalue weighted by molar-refractivity contribution is 0.0745. The number of rotatable bonds is 5. The minimum Gasteiger partial charge on any atom is -0.385 e. The zero-order chi connectivity index (χ0) is 15.3. The van der Waals surface area contributed by atoms with Crippen molar-refractivity contribution in [1.82, 2.24) is 4.90 Å². The Balaban J connectivity index is 2.83. The van der Waals surface area contributed by atoms with Gasteiger partial charge in [-0.3, -0.25) is 4.79 Å². The van der Waals surface area contributed by atoms with Gasteiger partial charge in [0.2, 0.25) is 0 Å². The third-order valence-corrected chi connectivity index (χ3v) is 3.09. The fourth-order valence-corrected chi connectivity index (χ4v) is 2.27. The van der Waals surface area contributed by atoms with Crippen molar-refractivity contribution in [1.29, 1.82) is 0 Å². The second-order valence-electron chi connectivity index (χ2n) is 6.68. The summed E-state index contributed by atoms with van der Waals surface area (Å²) in [4.78, 5) is 14.3. The van der Waals surface area contributed by atoms with E-state index in [1.807, 2.05) is 37.1 Å². The van der Waals surface area contributed by atoms with E-state index in [2.05, 4.69) is 33.0 Å². The SMILES string of the molecule is CCCNc1ccc(C(=O)N(C)CC(C)(C)C)c(C)c1. The Hall–Kier alpha value is -1.51. The van der Waals surface area contributed by atoms with Crippen LogP contribution in [0.15, 0.2) is 18.2 Å². The fraction of sp³-hybridized carbons (Fsp3) is 0.588. The van der Waals surface area contributed by atoms with E-state index in [9.17, 15) is 4.79 Å². The summed E-state index contributed by atoms with van der Waals surface area (Å²) >= 11 is 0. The smallest absolute Gasteiger partial charge is 0.253 e. The molecule has 0 bridgehead atoms. The van der Waals surface area contributed by atoms with Crippen LogP contribution in [0.5, 0.6) is 0 Å². The van der Waals surface area contributed by atoms with Crippen molar-refractivity contribution >= 4 is 11.6 Å². The molecular formula is C17H28N2O. The second-order valence-corrected chi connectivity index (χ2v) is 6.68. The van der Waals surface area contributed by atoms with Gasteiger partial charge in [0.1, 0.15) is 0 Å². The van der Waals surface area contributed by atoms with Crippen LogP contribution in [0.1, 0.15) is 50.0 Å². The van der Waals surface area contributed by atoms with E-state index in [1.54, 1.807) is 0 Å². The van der Waals surface area contributed by atoms with Crippen molar-refractivity contribution < 1.29 is 4.79 Å². The third-order valence-electron chi connectivity index (χ3n) is 3.09. The molecule has 0 spiro atoms. The highest BCUT2D eigenvalue weighted by molar-refractivity contribution is 5.96. The van der Waals surface area contributed by atoms with Gasteiger partial charge in [0, 0.05) is 31.4 Å². The molecule has 3 nitrogen and oxygen atoms in total. The molecule has 0 fully saturated rings. The van der Waals surface area contributed by atoms with Gasteiger partial charge in [0.15, 0.2) is 0 Å². The number of hydrogen-bond acceptors (Lipinski definition) is 2. The van der Waals surface area contributed by atoms with Crippen LogP contribution in [-0.4, -0.2) is 30.9 Å². The predicted octanol–water partition coefficient (Wildman–Crippen LogP) is 3.94. The van der Waals surface area contributed by atoms with E-state index in [0.29, 0.717) is 0 Å². The van der Waals surface area contributed by atoms with E-state index < -0.39 is 0 Å². The Morgan fingerprint density at radius 1 is 1.30 bits per heavy atom. The molecule has 0 saturated carbocycles. The first-order valence-electron chi connectivity index (χ1n) is 7.34. The molecule has 20 heavy (non-hydrogen) atoms. The fourth-order valence-electron chi connectivity index (χ4n) is 2.27. The highest BCUT2D eigenvalue weighted by atomic mass is 16.2. The quantitative estimate of drug-likeness (QED) is 0.883. The summed E-state index contributed by atoms with van der Waals surface area (Å²) in [5.41, 5.74) is 3.01. The minimum absolute atomic E-state index is 0.0967. The van der Waals surface area contributed by atoms with Gasteiger partial charge in [-0.05, 0) is 42.5 Å². The Morgan fingerprint density at radius 2 is 1.95 bits per heavy atom. The number of nitrogens with zero attached hydrogens (tertiary/aromatic N) is 1. The maximum Gasteiger partial charge on any atom is 0.253 e. The van der Waals surface area contributed by atoms with Crippen molar-refractivity contribution in [2.24, 2.45) is 5.41 Å². The monoisotopic (exact) mass is 276 g/mol. The summed E-state index contributed by atoms with van der Waals surface area (Å²) in [5.74, 6) is 0.0967. The Bertz CT molecular complexity index is 461. The van der Waals surface area contributed by atoms with Gasteiger partial charge in [-0.1, -0.05) is 27.7 Å². The molecule has 0 saturated heterocycles. The summed E-state index contributed by atoms with van der Waals surface area (Å²) in [6.07, 6.45) is 1.09. The number of carbonyl (C=O) groups excluding carboxylic acids is 1. The van der Waals surface area contributed by atoms with Crippen LogP contribution in [0.4, 0.5) is 5.69 Å². The molecule has 3 heteroatoms. The van der Waals surface area contributed by atoms with Crippen molar-refractivity contribution in [2.75, 3.05) is 25.5 Å². The van der Waals surface area contributed by atoms with E-state index in [4.69, 9.17) is 0 Å². The van der Waals surface area contributed by atoms with Gasteiger partial charge in [-0.2, -0.15) is 0 Å². The highest BCUT2D eigenvalue weighted by Gasteiger charge is 2.20. The maximum atomic E-state index is 12.5. The first-order valence-corrected chi connectivity index (χ1v) is 7.34. The number of nitrogens with one attached hydrogen (secondary N) is 1. The van der Waals surface area contributed by atoms with Crippen LogP contribution in [0.25, 0.3) is 0 Å². The number of anilines is 1. The van der Waals surface area contributed by atoms with Crippen LogP contribution in [0.2, 0.25) is 0 Å². The lowest BCUT2D eigenvalue weighted by atomic mass is 9.95. The van der Waals surface area contributed by atoms with Crippen LogP contribution in [-0.2, 0) is 0 Å². The maximum absolute atomic E-state index is 12.5. The number of benzene rings is 1. The molecule has 0 aliphatic heterocycles. The summed E-state index contributed by atoms with van der Waals surface area (Å²) in [7, 11) is 1.87. The molecule has 0 unspecified atom stereocenters. The van der Waals surface area contributed by atoms with Gasteiger partial charge in [-0.15, -0.1) is 0 Å². The molecule has 112 valence electrons. The van der Waals surface area contributed by atoms with Crippen LogP contribution >= 0.6 is 0 Å². The highest BCUT2D eigenvalue weighted by Crippen LogP contribution is 2.19. The molecule has 1 aromatic carbocycles. The van der Waals surface area contributed by atoms with Gasteiger partial charge < -0.3 is 10.2 Å². The lowest BCUT2D eigenvalue weighted by Gasteiger charge is -2.27. The molecule has 0 radical (unpaired) electrons. The standard InChI is InChI=1S/C17H28N2O/c1-7-10-18-14-8-9-15(13(2)11-14)16(20)19(6)12-17(3,4)5/h8-9,11,18H,7,10,12H2,1-6H3. The van der Waals surface area contributed by atoms with E-state index >= 15 is 0 Å². The Labute approximate surface area is 123 Å². The largest absolute Gasteiger partial charge is 0.385 e. The summed E-state index contributed by atoms with van der Waals surface area (Å²) in [6, 6.07) is 5.96. The van der Waals surface area contributed by atoms with E-state index in [1.165, 1.54) is 0 Å². The first-order chi connectivity index (χ1) is 9.24. The van der Waals surface area contributed by atoms with Gasteiger partial charge in [-0.25, -0.2) is 0 Å². The Kier molecular flexibility index (Phi) is 5.61. The predicted molar refractivity (Wildman–Crippen MR) is 86.4 cm³/mol. The molecule has 0 aliphatic rings. The Morgan fingerprint density at radius 3 is 2.45 bits per heavy atom. The first kappa shape index (κ1) is 16.5. The molecular weight excluding hydrogens is 248 g/mol. The molecule has 0 aromatic heterocycles. The molecule has 1 aromatic rings. The molecule has 0 heterocycles. The van der Waals surface area contributed by atoms with Crippen LogP contribution < -0.4 is 5.32 Å². The third kappa shape index (κ3) is 4.87. The lowest BCUT2D eigenvalue weighted by Crippen LogP contribution is -2.34. The molecule has 1 rings (SSSR count). The van der Waals surface area contributed by atoms with Crippen LogP contribution in [0.3, 0.4) is 0 Å². The number of aryl methyl sites for hydroxylation is 1. The average molecular weight is 276 g/mol. The number of amides is 1. The summed E-state index contributed by atoms with van der Waals surface area (Å²) < 4.78 is 0. The van der Waals surface area contributed by atoms with Crippen molar-refractivity contribution in [3.8, 4) is 0 Å². The van der Waals surface area contributed by atoms with Gasteiger partial charge >= 0.3 is 0 Å². The zero-order valence-corrected chi connectivity index (χ0v) is 13.7. The number of hydrogen-bond donors (Lipinski definition) is 1. The topological polar surface area (TPSA) is 32.3 Å². The van der Waals surface area contributed by atoms with E-state index in [-0.39, 0.29) is 11.3 Å². The van der Waals surface area contributed by atoms with Crippen molar-refractivity contribution in [3.63, 3.8) is 0 Å². The zero-order valence-electron chi connectivity index (χ0n) is 13.7. The van der Waals surface area contributed by atoms with Gasteiger partial charge in [0.05, 0.1) is 0 Å². The van der Waals surface area contributed by atoms with Gasteiger partial charge in [0.25, 0.3) is 5.91 Å². The van der Waals surface area contributed by atoms with Crippen molar-refractivity contribution in [2.45, 2.75) is 41.0 Å².